The summed E-state index contributed by atoms with van der Waals surface area (Å²) in [6.45, 7) is 0.362. The van der Waals surface area contributed by atoms with Crippen LogP contribution in [0.2, 0.25) is 0 Å². The highest BCUT2D eigenvalue weighted by atomic mass is 16.6. The van der Waals surface area contributed by atoms with E-state index in [9.17, 15) is 10.1 Å². The summed E-state index contributed by atoms with van der Waals surface area (Å²) < 4.78 is 4.97. The van der Waals surface area contributed by atoms with E-state index in [-0.39, 0.29) is 5.69 Å². The zero-order valence-electron chi connectivity index (χ0n) is 8.14. The number of methoxy groups -OCH3 is 1. The Morgan fingerprint density at radius 1 is 1.67 bits per heavy atom. The largest absolute Gasteiger partial charge is 0.359 e. The maximum absolute atomic E-state index is 10.6. The van der Waals surface area contributed by atoms with Gasteiger partial charge < -0.3 is 4.74 Å². The number of nitrogens with zero attached hydrogens (tertiary/aromatic N) is 2. The van der Waals surface area contributed by atoms with Crippen LogP contribution in [-0.4, -0.2) is 18.8 Å². The van der Waals surface area contributed by atoms with Gasteiger partial charge in [0.05, 0.1) is 4.92 Å². The summed E-state index contributed by atoms with van der Waals surface area (Å²) in [6, 6.07) is 4.67. The van der Waals surface area contributed by atoms with Crippen LogP contribution in [0, 0.1) is 10.1 Å². The molecule has 0 atom stereocenters. The molecule has 0 saturated heterocycles. The van der Waals surface area contributed by atoms with Gasteiger partial charge in [-0.1, -0.05) is 0 Å². The Balaban J connectivity index is 2.33. The lowest BCUT2D eigenvalue weighted by Crippen LogP contribution is -2.95. The molecule has 0 bridgehead atoms. The van der Waals surface area contributed by atoms with Crippen molar-refractivity contribution in [3.8, 4) is 0 Å². The van der Waals surface area contributed by atoms with Crippen molar-refractivity contribution < 1.29 is 15.2 Å². The number of nitrogen functional groups attached to an aromatic ring is 1. The van der Waals surface area contributed by atoms with Crippen molar-refractivity contribution >= 4 is 17.1 Å². The number of nitrogens with one attached hydrogen (secondary N) is 1. The number of nitro groups is 1. The van der Waals surface area contributed by atoms with Crippen LogP contribution < -0.4 is 16.0 Å². The minimum Gasteiger partial charge on any atom is -0.359 e. The normalized spacial score (nSPS) is 13.5. The lowest BCUT2D eigenvalue weighted by atomic mass is 10.2. The molecule has 1 aromatic carbocycles. The van der Waals surface area contributed by atoms with Gasteiger partial charge in [-0.15, -0.1) is 5.53 Å². The summed E-state index contributed by atoms with van der Waals surface area (Å²) in [6.07, 6.45) is 0. The Morgan fingerprint density at radius 2 is 2.47 bits per heavy atom. The van der Waals surface area contributed by atoms with E-state index >= 15 is 0 Å². The Morgan fingerprint density at radius 3 is 3.13 bits per heavy atom. The summed E-state index contributed by atoms with van der Waals surface area (Å²) in [5.74, 6) is 0. The van der Waals surface area contributed by atoms with Crippen molar-refractivity contribution in [2.45, 2.75) is 0 Å². The van der Waals surface area contributed by atoms with E-state index in [1.807, 2.05) is 0 Å². The van der Waals surface area contributed by atoms with Crippen LogP contribution in [0.15, 0.2) is 18.2 Å². The number of rotatable bonds is 3. The second-order valence-electron chi connectivity index (χ2n) is 3.12. The third kappa shape index (κ3) is 1.69. The standard InChI is InChI=1S/C8H10N4O3/c1-15-5-11-8-4-6(12(13)14)2-3-7(8)9-10-11/h2-4,9-10H,5H2,1H3/p+1. The number of nitro benzene ring substituents is 1. The lowest BCUT2D eigenvalue weighted by Gasteiger charge is -2.11. The monoisotopic (exact) mass is 211 g/mol. The molecule has 0 spiro atoms. The van der Waals surface area contributed by atoms with Crippen LogP contribution in [-0.2, 0) is 4.74 Å². The summed E-state index contributed by atoms with van der Waals surface area (Å²) in [5.41, 5.74) is 6.40. The number of hydrogen-bond donors (Lipinski definition) is 2. The van der Waals surface area contributed by atoms with Crippen LogP contribution >= 0.6 is 0 Å². The molecule has 0 aliphatic carbocycles. The van der Waals surface area contributed by atoms with Crippen molar-refractivity contribution in [3.63, 3.8) is 0 Å². The Kier molecular flexibility index (Phi) is 2.40. The van der Waals surface area contributed by atoms with Gasteiger partial charge in [0, 0.05) is 19.2 Å². The maximum Gasteiger partial charge on any atom is 0.271 e. The molecule has 80 valence electrons. The highest BCUT2D eigenvalue weighted by Gasteiger charge is 2.24. The minimum absolute atomic E-state index is 0.0759. The van der Waals surface area contributed by atoms with Crippen molar-refractivity contribution in [3.05, 3.63) is 28.3 Å². The summed E-state index contributed by atoms with van der Waals surface area (Å²) in [5, 5.41) is 12.4. The van der Waals surface area contributed by atoms with Crippen LogP contribution in [0.1, 0.15) is 0 Å². The van der Waals surface area contributed by atoms with Gasteiger partial charge in [-0.2, -0.15) is 5.01 Å². The Labute approximate surface area is 85.7 Å². The number of nitrogens with two attached hydrogens (primary N) is 1. The molecule has 1 heterocycles. The quantitative estimate of drug-likeness (QED) is 0.411. The summed E-state index contributed by atoms with van der Waals surface area (Å²) in [4.78, 5) is 10.2. The first-order valence-electron chi connectivity index (χ1n) is 4.36. The van der Waals surface area contributed by atoms with E-state index in [1.165, 1.54) is 12.1 Å². The van der Waals surface area contributed by atoms with Crippen LogP contribution in [0.4, 0.5) is 17.1 Å². The van der Waals surface area contributed by atoms with E-state index in [2.05, 4.69) is 5.43 Å². The summed E-state index contributed by atoms with van der Waals surface area (Å²) >= 11 is 0. The predicted octanol–water partition coefficient (Wildman–Crippen LogP) is -0.176. The van der Waals surface area contributed by atoms with E-state index in [0.29, 0.717) is 6.73 Å². The first-order valence-corrected chi connectivity index (χ1v) is 4.36. The van der Waals surface area contributed by atoms with Crippen LogP contribution in [0.3, 0.4) is 0 Å². The molecule has 15 heavy (non-hydrogen) atoms. The number of fused-ring (bicyclic) bond motifs is 1. The molecule has 3 N–H and O–H groups in total. The van der Waals surface area contributed by atoms with Crippen LogP contribution in [0.25, 0.3) is 0 Å². The van der Waals surface area contributed by atoms with Crippen molar-refractivity contribution in [1.82, 2.24) is 0 Å². The number of hydrogen-bond acceptors (Lipinski definition) is 5. The fourth-order valence-corrected chi connectivity index (χ4v) is 1.46. The number of non-ortho nitro benzene ring substituents is 1. The van der Waals surface area contributed by atoms with Gasteiger partial charge in [-0.3, -0.25) is 10.1 Å². The number of anilines is 2. The molecule has 0 radical (unpaired) electrons. The van der Waals surface area contributed by atoms with Crippen LogP contribution in [0.5, 0.6) is 0 Å². The van der Waals surface area contributed by atoms with E-state index in [1.54, 1.807) is 23.7 Å². The number of quaternary nitrogens is 1. The minimum atomic E-state index is -0.413. The van der Waals surface area contributed by atoms with Gasteiger partial charge in [-0.05, 0) is 6.07 Å². The van der Waals surface area contributed by atoms with Gasteiger partial charge in [-0.25, -0.2) is 5.43 Å². The first-order chi connectivity index (χ1) is 7.22. The second kappa shape index (κ2) is 3.71. The third-order valence-electron chi connectivity index (χ3n) is 2.15. The highest BCUT2D eigenvalue weighted by molar-refractivity contribution is 5.72. The van der Waals surface area contributed by atoms with E-state index in [4.69, 9.17) is 4.74 Å². The number of ether oxygens (including phenoxy) is 1. The topological polar surface area (TPSA) is 84.2 Å². The van der Waals surface area contributed by atoms with Gasteiger partial charge in [0.15, 0.2) is 6.73 Å². The molecule has 7 heteroatoms. The molecular weight excluding hydrogens is 200 g/mol. The van der Waals surface area contributed by atoms with Gasteiger partial charge in [0.2, 0.25) is 0 Å². The molecule has 0 unspecified atom stereocenters. The first kappa shape index (κ1) is 9.69. The molecule has 1 aromatic rings. The Bertz CT molecular complexity index is 393. The van der Waals surface area contributed by atoms with E-state index in [0.717, 1.165) is 11.4 Å². The summed E-state index contributed by atoms with van der Waals surface area (Å²) in [7, 11) is 1.57. The van der Waals surface area contributed by atoms with Gasteiger partial charge in [0.25, 0.3) is 5.69 Å². The van der Waals surface area contributed by atoms with Crippen molar-refractivity contribution in [1.29, 1.82) is 0 Å². The predicted molar refractivity (Wildman–Crippen MR) is 53.0 cm³/mol. The fourth-order valence-electron chi connectivity index (χ4n) is 1.46. The molecular formula is C8H11N4O3+. The molecule has 0 amide bonds. The molecule has 0 aromatic heterocycles. The van der Waals surface area contributed by atoms with Gasteiger partial charge in [0.1, 0.15) is 11.4 Å². The smallest absolute Gasteiger partial charge is 0.271 e. The van der Waals surface area contributed by atoms with E-state index < -0.39 is 4.92 Å². The Hall–Kier alpha value is -1.86. The molecule has 1 aliphatic heterocycles. The highest BCUT2D eigenvalue weighted by Crippen LogP contribution is 2.29. The fraction of sp³-hybridized carbons (Fsp3) is 0.250. The number of benzene rings is 1. The van der Waals surface area contributed by atoms with Crippen molar-refractivity contribution in [2.75, 3.05) is 24.3 Å². The maximum atomic E-state index is 10.6. The SMILES string of the molecule is COCN1[NH2+]Nc2ccc([N+](=O)[O-])cc21. The average molecular weight is 211 g/mol. The third-order valence-corrected chi connectivity index (χ3v) is 2.15. The molecule has 7 nitrogen and oxygen atoms in total. The molecule has 1 aliphatic rings. The second-order valence-corrected chi connectivity index (χ2v) is 3.12. The van der Waals surface area contributed by atoms with Gasteiger partial charge >= 0.3 is 0 Å². The molecule has 0 fully saturated rings. The molecule has 0 saturated carbocycles. The zero-order valence-corrected chi connectivity index (χ0v) is 8.14. The molecule has 2 rings (SSSR count). The average Bonchev–Trinajstić information content (AvgIpc) is 2.61. The zero-order chi connectivity index (χ0) is 10.8. The lowest BCUT2D eigenvalue weighted by molar-refractivity contribution is -0.635. The van der Waals surface area contributed by atoms with Crippen molar-refractivity contribution in [2.24, 2.45) is 0 Å².